The maximum Gasteiger partial charge on any atom is 0.123 e. The Hall–Kier alpha value is -1.20. The molecule has 84 valence electrons. The van der Waals surface area contributed by atoms with Gasteiger partial charge in [-0.3, -0.25) is 0 Å². The van der Waals surface area contributed by atoms with Gasteiger partial charge in [-0.15, -0.1) is 0 Å². The van der Waals surface area contributed by atoms with Gasteiger partial charge in [0.1, 0.15) is 5.82 Å². The van der Waals surface area contributed by atoms with Gasteiger partial charge in [0.25, 0.3) is 0 Å². The van der Waals surface area contributed by atoms with E-state index in [9.17, 15) is 9.50 Å². The van der Waals surface area contributed by atoms with Crippen molar-refractivity contribution in [3.63, 3.8) is 0 Å². The van der Waals surface area contributed by atoms with Gasteiger partial charge in [0.15, 0.2) is 0 Å². The largest absolute Gasteiger partial charge is 0.389 e. The lowest BCUT2D eigenvalue weighted by Gasteiger charge is -2.11. The highest BCUT2D eigenvalue weighted by Crippen LogP contribution is 2.23. The summed E-state index contributed by atoms with van der Waals surface area (Å²) in [4.78, 5) is 0. The van der Waals surface area contributed by atoms with E-state index in [2.05, 4.69) is 21.0 Å². The van der Waals surface area contributed by atoms with E-state index in [1.165, 1.54) is 12.1 Å². The average Bonchev–Trinajstić information content (AvgIpc) is 2.64. The number of benzene rings is 1. The smallest absolute Gasteiger partial charge is 0.123 e. The van der Waals surface area contributed by atoms with Crippen LogP contribution in [0.4, 0.5) is 4.39 Å². The van der Waals surface area contributed by atoms with E-state index in [1.807, 2.05) is 0 Å². The standard InChI is InChI=1S/C11H10BrFN2O/c1-7(16)10-4-9(13)2-3-11(10)15-6-8(12)5-14-15/h2-7,16H,1H3. The van der Waals surface area contributed by atoms with Gasteiger partial charge in [0.05, 0.1) is 22.5 Å². The fourth-order valence-electron chi connectivity index (χ4n) is 1.50. The molecule has 0 bridgehead atoms. The summed E-state index contributed by atoms with van der Waals surface area (Å²) in [5.41, 5.74) is 1.18. The third-order valence-corrected chi connectivity index (χ3v) is 2.65. The van der Waals surface area contributed by atoms with Crippen LogP contribution in [0, 0.1) is 5.82 Å². The number of aliphatic hydroxyl groups excluding tert-OH is 1. The van der Waals surface area contributed by atoms with Crippen molar-refractivity contribution in [2.45, 2.75) is 13.0 Å². The molecule has 1 N–H and O–H groups in total. The van der Waals surface area contributed by atoms with E-state index in [-0.39, 0.29) is 5.82 Å². The van der Waals surface area contributed by atoms with Gasteiger partial charge in [-0.2, -0.15) is 5.10 Å². The van der Waals surface area contributed by atoms with E-state index in [1.54, 1.807) is 30.1 Å². The van der Waals surface area contributed by atoms with Gasteiger partial charge in [0.2, 0.25) is 0 Å². The maximum atomic E-state index is 13.1. The Balaban J connectivity index is 2.56. The lowest BCUT2D eigenvalue weighted by molar-refractivity contribution is 0.198. The molecule has 1 heterocycles. The Bertz CT molecular complexity index is 510. The zero-order valence-corrected chi connectivity index (χ0v) is 10.1. The highest BCUT2D eigenvalue weighted by Gasteiger charge is 2.11. The second kappa shape index (κ2) is 4.35. The van der Waals surface area contributed by atoms with Crippen molar-refractivity contribution in [1.82, 2.24) is 9.78 Å². The minimum atomic E-state index is -0.742. The van der Waals surface area contributed by atoms with Crippen LogP contribution in [-0.2, 0) is 0 Å². The summed E-state index contributed by atoms with van der Waals surface area (Å²) >= 11 is 3.29. The average molecular weight is 285 g/mol. The molecule has 3 nitrogen and oxygen atoms in total. The first kappa shape index (κ1) is 11.3. The molecular formula is C11H10BrFN2O. The van der Waals surface area contributed by atoms with E-state index < -0.39 is 6.10 Å². The number of hydrogen-bond acceptors (Lipinski definition) is 2. The monoisotopic (exact) mass is 284 g/mol. The summed E-state index contributed by atoms with van der Waals surface area (Å²) in [5, 5.41) is 13.7. The lowest BCUT2D eigenvalue weighted by Crippen LogP contribution is -2.03. The molecule has 0 saturated carbocycles. The molecule has 0 amide bonds. The molecule has 2 rings (SSSR count). The van der Waals surface area contributed by atoms with E-state index in [0.717, 1.165) is 4.47 Å². The van der Waals surface area contributed by atoms with Gasteiger partial charge >= 0.3 is 0 Å². The molecule has 0 aliphatic carbocycles. The Morgan fingerprint density at radius 3 is 2.81 bits per heavy atom. The molecule has 0 spiro atoms. The van der Waals surface area contributed by atoms with Gasteiger partial charge in [-0.1, -0.05) is 0 Å². The van der Waals surface area contributed by atoms with E-state index >= 15 is 0 Å². The molecule has 0 saturated heterocycles. The van der Waals surface area contributed by atoms with Crippen LogP contribution < -0.4 is 0 Å². The number of nitrogens with zero attached hydrogens (tertiary/aromatic N) is 2. The zero-order chi connectivity index (χ0) is 11.7. The second-order valence-electron chi connectivity index (χ2n) is 3.48. The molecule has 1 aromatic heterocycles. The number of aromatic nitrogens is 2. The van der Waals surface area contributed by atoms with Crippen LogP contribution >= 0.6 is 15.9 Å². The van der Waals surface area contributed by atoms with Gasteiger partial charge in [0, 0.05) is 11.8 Å². The summed E-state index contributed by atoms with van der Waals surface area (Å²) in [6.07, 6.45) is 2.64. The van der Waals surface area contributed by atoms with Crippen molar-refractivity contribution < 1.29 is 9.50 Å². The number of rotatable bonds is 2. The Labute approximate surface area is 101 Å². The second-order valence-corrected chi connectivity index (χ2v) is 4.40. The highest BCUT2D eigenvalue weighted by molar-refractivity contribution is 9.10. The first-order valence-electron chi connectivity index (χ1n) is 4.76. The van der Waals surface area contributed by atoms with Crippen molar-refractivity contribution >= 4 is 15.9 Å². The quantitative estimate of drug-likeness (QED) is 0.921. The van der Waals surface area contributed by atoms with E-state index in [4.69, 9.17) is 0 Å². The zero-order valence-electron chi connectivity index (χ0n) is 8.56. The molecule has 5 heteroatoms. The predicted octanol–water partition coefficient (Wildman–Crippen LogP) is 2.83. The molecule has 0 aliphatic rings. The normalized spacial score (nSPS) is 12.8. The van der Waals surface area contributed by atoms with E-state index in [0.29, 0.717) is 11.3 Å². The Morgan fingerprint density at radius 1 is 1.50 bits per heavy atom. The lowest BCUT2D eigenvalue weighted by atomic mass is 10.1. The molecule has 1 atom stereocenters. The SMILES string of the molecule is CC(O)c1cc(F)ccc1-n1cc(Br)cn1. The molecule has 0 radical (unpaired) electrons. The molecular weight excluding hydrogens is 275 g/mol. The van der Waals surface area contributed by atoms with Crippen molar-refractivity contribution in [2.75, 3.05) is 0 Å². The summed E-state index contributed by atoms with van der Waals surface area (Å²) in [6.45, 7) is 1.59. The van der Waals surface area contributed by atoms with Crippen LogP contribution in [-0.4, -0.2) is 14.9 Å². The van der Waals surface area contributed by atoms with Crippen LogP contribution in [0.15, 0.2) is 35.1 Å². The van der Waals surface area contributed by atoms with Crippen LogP contribution in [0.2, 0.25) is 0 Å². The fraction of sp³-hybridized carbons (Fsp3) is 0.182. The number of aliphatic hydroxyl groups is 1. The van der Waals surface area contributed by atoms with Crippen molar-refractivity contribution in [3.05, 3.63) is 46.4 Å². The van der Waals surface area contributed by atoms with Crippen LogP contribution in [0.5, 0.6) is 0 Å². The van der Waals surface area contributed by atoms with Crippen molar-refractivity contribution in [1.29, 1.82) is 0 Å². The third kappa shape index (κ3) is 2.15. The third-order valence-electron chi connectivity index (χ3n) is 2.24. The van der Waals surface area contributed by atoms with Crippen LogP contribution in [0.1, 0.15) is 18.6 Å². The molecule has 16 heavy (non-hydrogen) atoms. The summed E-state index contributed by atoms with van der Waals surface area (Å²) in [7, 11) is 0. The summed E-state index contributed by atoms with van der Waals surface area (Å²) in [6, 6.07) is 4.25. The molecule has 1 unspecified atom stereocenters. The summed E-state index contributed by atoms with van der Waals surface area (Å²) in [5.74, 6) is -0.370. The van der Waals surface area contributed by atoms with Crippen LogP contribution in [0.25, 0.3) is 5.69 Å². The molecule has 0 fully saturated rings. The predicted molar refractivity (Wildman–Crippen MR) is 61.9 cm³/mol. The number of hydrogen-bond donors (Lipinski definition) is 1. The van der Waals surface area contributed by atoms with Gasteiger partial charge < -0.3 is 5.11 Å². The topological polar surface area (TPSA) is 38.0 Å². The maximum absolute atomic E-state index is 13.1. The minimum Gasteiger partial charge on any atom is -0.389 e. The Morgan fingerprint density at radius 2 is 2.25 bits per heavy atom. The number of halogens is 2. The first-order valence-corrected chi connectivity index (χ1v) is 5.55. The summed E-state index contributed by atoms with van der Waals surface area (Å²) < 4.78 is 15.5. The van der Waals surface area contributed by atoms with Crippen LogP contribution in [0.3, 0.4) is 0 Å². The molecule has 0 aliphatic heterocycles. The molecule has 1 aromatic carbocycles. The minimum absolute atomic E-state index is 0.370. The first-order chi connectivity index (χ1) is 7.58. The van der Waals surface area contributed by atoms with Crippen molar-refractivity contribution in [3.8, 4) is 5.69 Å². The van der Waals surface area contributed by atoms with Gasteiger partial charge in [-0.25, -0.2) is 9.07 Å². The fourth-order valence-corrected chi connectivity index (χ4v) is 1.79. The van der Waals surface area contributed by atoms with Crippen molar-refractivity contribution in [2.24, 2.45) is 0 Å². The highest BCUT2D eigenvalue weighted by atomic mass is 79.9. The van der Waals surface area contributed by atoms with Gasteiger partial charge in [-0.05, 0) is 41.1 Å². The Kier molecular flexibility index (Phi) is 3.07. The molecule has 2 aromatic rings.